The smallest absolute Gasteiger partial charge is 0.263 e. The molecule has 2 aromatic heterocycles. The summed E-state index contributed by atoms with van der Waals surface area (Å²) in [6, 6.07) is 9.78. The van der Waals surface area contributed by atoms with Crippen LogP contribution in [0.25, 0.3) is 5.69 Å². The maximum Gasteiger partial charge on any atom is 0.263 e. The van der Waals surface area contributed by atoms with Gasteiger partial charge in [-0.2, -0.15) is 4.68 Å². The van der Waals surface area contributed by atoms with E-state index in [0.717, 1.165) is 24.2 Å². The topological polar surface area (TPSA) is 81.9 Å². The van der Waals surface area contributed by atoms with Crippen LogP contribution < -0.4 is 10.1 Å². The molecule has 27 heavy (non-hydrogen) atoms. The molecule has 4 rings (SSSR count). The standard InChI is InChI=1S/C19H21N5O2S/c25-19(18-17(10-11-27-18)24-13-21-22-23-24)20-12-14-6-8-16(9-7-14)26-15-4-2-1-3-5-15/h6-11,13,15H,1-5,12H2,(H,20,25). The average Bonchev–Trinajstić information content (AvgIpc) is 3.39. The van der Waals surface area contributed by atoms with Crippen LogP contribution in [0.1, 0.15) is 47.3 Å². The Balaban J connectivity index is 1.33. The van der Waals surface area contributed by atoms with Crippen LogP contribution in [0.2, 0.25) is 0 Å². The normalized spacial score (nSPS) is 14.8. The summed E-state index contributed by atoms with van der Waals surface area (Å²) in [6.45, 7) is 0.454. The molecule has 0 atom stereocenters. The molecule has 1 aromatic carbocycles. The van der Waals surface area contributed by atoms with Crippen molar-refractivity contribution < 1.29 is 9.53 Å². The Bertz CT molecular complexity index is 870. The fourth-order valence-electron chi connectivity index (χ4n) is 3.25. The van der Waals surface area contributed by atoms with Gasteiger partial charge >= 0.3 is 0 Å². The number of rotatable bonds is 6. The number of nitrogens with one attached hydrogen (secondary N) is 1. The Morgan fingerprint density at radius 2 is 2.00 bits per heavy atom. The summed E-state index contributed by atoms with van der Waals surface area (Å²) in [7, 11) is 0. The zero-order chi connectivity index (χ0) is 18.5. The highest BCUT2D eigenvalue weighted by Gasteiger charge is 2.16. The molecule has 1 saturated carbocycles. The third kappa shape index (κ3) is 4.33. The maximum absolute atomic E-state index is 12.5. The first kappa shape index (κ1) is 17.7. The van der Waals surface area contributed by atoms with Gasteiger partial charge < -0.3 is 10.1 Å². The SMILES string of the molecule is O=C(NCc1ccc(OC2CCCCC2)cc1)c1sccc1-n1cnnn1. The lowest BCUT2D eigenvalue weighted by Crippen LogP contribution is -2.23. The van der Waals surface area contributed by atoms with Crippen LogP contribution in [0.3, 0.4) is 0 Å². The average molecular weight is 383 g/mol. The Morgan fingerprint density at radius 1 is 1.19 bits per heavy atom. The van der Waals surface area contributed by atoms with Crippen LogP contribution in [0.5, 0.6) is 5.75 Å². The van der Waals surface area contributed by atoms with Gasteiger partial charge in [0.25, 0.3) is 5.91 Å². The van der Waals surface area contributed by atoms with Crippen molar-refractivity contribution in [2.24, 2.45) is 0 Å². The maximum atomic E-state index is 12.5. The van der Waals surface area contributed by atoms with Gasteiger partial charge in [0, 0.05) is 6.54 Å². The van der Waals surface area contributed by atoms with Crippen LogP contribution in [-0.4, -0.2) is 32.2 Å². The Hall–Kier alpha value is -2.74. The quantitative estimate of drug-likeness (QED) is 0.706. The predicted molar refractivity (Wildman–Crippen MR) is 102 cm³/mol. The third-order valence-corrected chi connectivity index (χ3v) is 5.58. The Morgan fingerprint density at radius 3 is 2.74 bits per heavy atom. The minimum absolute atomic E-state index is 0.141. The van der Waals surface area contributed by atoms with E-state index in [1.165, 1.54) is 41.6 Å². The molecule has 0 unspecified atom stereocenters. The summed E-state index contributed by atoms with van der Waals surface area (Å²) < 4.78 is 7.53. The number of nitrogens with zero attached hydrogens (tertiary/aromatic N) is 4. The molecule has 1 aliphatic rings. The molecular formula is C19H21N5O2S. The minimum atomic E-state index is -0.141. The lowest BCUT2D eigenvalue weighted by molar-refractivity contribution is 0.0955. The van der Waals surface area contributed by atoms with Crippen molar-refractivity contribution in [2.45, 2.75) is 44.8 Å². The summed E-state index contributed by atoms with van der Waals surface area (Å²) >= 11 is 1.36. The number of carbonyl (C=O) groups is 1. The number of hydrogen-bond acceptors (Lipinski definition) is 6. The molecule has 0 spiro atoms. The largest absolute Gasteiger partial charge is 0.490 e. The van der Waals surface area contributed by atoms with E-state index >= 15 is 0 Å². The first-order valence-electron chi connectivity index (χ1n) is 9.14. The monoisotopic (exact) mass is 383 g/mol. The van der Waals surface area contributed by atoms with Crippen molar-refractivity contribution in [1.82, 2.24) is 25.5 Å². The molecule has 0 saturated heterocycles. The van der Waals surface area contributed by atoms with Gasteiger partial charge in [0.2, 0.25) is 0 Å². The van der Waals surface area contributed by atoms with E-state index in [4.69, 9.17) is 4.74 Å². The second-order valence-corrected chi connectivity index (χ2v) is 7.51. The van der Waals surface area contributed by atoms with Gasteiger partial charge in [-0.1, -0.05) is 18.6 Å². The van der Waals surface area contributed by atoms with E-state index < -0.39 is 0 Å². The molecule has 3 aromatic rings. The molecule has 0 bridgehead atoms. The Labute approximate surface area is 161 Å². The van der Waals surface area contributed by atoms with Gasteiger partial charge in [0.15, 0.2) is 0 Å². The summed E-state index contributed by atoms with van der Waals surface area (Å²) in [6.07, 6.45) is 7.92. The van der Waals surface area contributed by atoms with Crippen LogP contribution in [-0.2, 0) is 6.54 Å². The summed E-state index contributed by atoms with van der Waals surface area (Å²) in [4.78, 5) is 13.1. The fourth-order valence-corrected chi connectivity index (χ4v) is 4.04. The molecule has 1 fully saturated rings. The third-order valence-electron chi connectivity index (χ3n) is 4.68. The number of amides is 1. The lowest BCUT2D eigenvalue weighted by atomic mass is 9.98. The van der Waals surface area contributed by atoms with Gasteiger partial charge in [-0.25, -0.2) is 0 Å². The van der Waals surface area contributed by atoms with Crippen LogP contribution in [0.4, 0.5) is 0 Å². The first-order chi connectivity index (χ1) is 13.3. The molecule has 1 N–H and O–H groups in total. The lowest BCUT2D eigenvalue weighted by Gasteiger charge is -2.23. The van der Waals surface area contributed by atoms with Gasteiger partial charge in [0.05, 0.1) is 11.8 Å². The van der Waals surface area contributed by atoms with E-state index in [2.05, 4.69) is 20.8 Å². The molecule has 140 valence electrons. The highest BCUT2D eigenvalue weighted by Crippen LogP contribution is 2.24. The molecule has 7 nitrogen and oxygen atoms in total. The van der Waals surface area contributed by atoms with Crippen molar-refractivity contribution in [3.63, 3.8) is 0 Å². The number of hydrogen-bond donors (Lipinski definition) is 1. The van der Waals surface area contributed by atoms with Crippen molar-refractivity contribution in [3.8, 4) is 11.4 Å². The molecular weight excluding hydrogens is 362 g/mol. The number of tetrazole rings is 1. The fraction of sp³-hybridized carbons (Fsp3) is 0.368. The highest BCUT2D eigenvalue weighted by atomic mass is 32.1. The number of thiophene rings is 1. The summed E-state index contributed by atoms with van der Waals surface area (Å²) in [5.41, 5.74) is 1.71. The van der Waals surface area contributed by atoms with Crippen LogP contribution in [0.15, 0.2) is 42.0 Å². The summed E-state index contributed by atoms with van der Waals surface area (Å²) in [5, 5.41) is 15.9. The Kier molecular flexibility index (Phi) is 5.43. The van der Waals surface area contributed by atoms with Crippen molar-refractivity contribution in [3.05, 3.63) is 52.5 Å². The zero-order valence-corrected chi connectivity index (χ0v) is 15.7. The second kappa shape index (κ2) is 8.30. The van der Waals surface area contributed by atoms with E-state index in [-0.39, 0.29) is 5.91 Å². The number of ether oxygens (including phenoxy) is 1. The second-order valence-electron chi connectivity index (χ2n) is 6.59. The zero-order valence-electron chi connectivity index (χ0n) is 14.9. The number of carbonyl (C=O) groups excluding carboxylic acids is 1. The van der Waals surface area contributed by atoms with Crippen molar-refractivity contribution >= 4 is 17.2 Å². The van der Waals surface area contributed by atoms with Crippen LogP contribution in [0, 0.1) is 0 Å². The summed E-state index contributed by atoms with van der Waals surface area (Å²) in [5.74, 6) is 0.759. The van der Waals surface area contributed by atoms with Gasteiger partial charge in [-0.05, 0) is 65.3 Å². The van der Waals surface area contributed by atoms with Crippen molar-refractivity contribution in [1.29, 1.82) is 0 Å². The molecule has 2 heterocycles. The predicted octanol–water partition coefficient (Wildman–Crippen LogP) is 3.37. The first-order valence-corrected chi connectivity index (χ1v) is 10.0. The van der Waals surface area contributed by atoms with E-state index in [1.807, 2.05) is 35.7 Å². The molecule has 1 amide bonds. The van der Waals surface area contributed by atoms with E-state index in [1.54, 1.807) is 0 Å². The minimum Gasteiger partial charge on any atom is -0.490 e. The molecule has 1 aliphatic carbocycles. The van der Waals surface area contributed by atoms with Crippen molar-refractivity contribution in [2.75, 3.05) is 0 Å². The molecule has 0 aliphatic heterocycles. The van der Waals surface area contributed by atoms with E-state index in [0.29, 0.717) is 23.2 Å². The van der Waals surface area contributed by atoms with Gasteiger partial charge in [0.1, 0.15) is 17.0 Å². The van der Waals surface area contributed by atoms with Gasteiger partial charge in [-0.15, -0.1) is 16.4 Å². The number of aromatic nitrogens is 4. The van der Waals surface area contributed by atoms with Crippen LogP contribution >= 0.6 is 11.3 Å². The van der Waals surface area contributed by atoms with Gasteiger partial charge in [-0.3, -0.25) is 4.79 Å². The van der Waals surface area contributed by atoms with E-state index in [9.17, 15) is 4.79 Å². The number of benzene rings is 1. The molecule has 0 radical (unpaired) electrons. The molecule has 8 heteroatoms. The highest BCUT2D eigenvalue weighted by molar-refractivity contribution is 7.12.